The van der Waals surface area contributed by atoms with E-state index in [1.54, 1.807) is 0 Å². The maximum Gasteiger partial charge on any atom is 0.0995 e. The minimum Gasteiger partial charge on any atom is -0.303 e. The molecule has 1 aliphatic heterocycles. The van der Waals surface area contributed by atoms with Gasteiger partial charge in [-0.3, -0.25) is 0 Å². The first-order valence-electron chi connectivity index (χ1n) is 6.89. The zero-order chi connectivity index (χ0) is 13.7. The SMILES string of the molecule is CCCN1CCC(C#N)(c2ccccc2C#N)CC1. The molecule has 0 N–H and O–H groups in total. The lowest BCUT2D eigenvalue weighted by Gasteiger charge is -2.37. The number of nitriles is 2. The molecule has 98 valence electrons. The summed E-state index contributed by atoms with van der Waals surface area (Å²) < 4.78 is 0. The number of nitrogens with zero attached hydrogens (tertiary/aromatic N) is 3. The molecule has 0 bridgehead atoms. The number of hydrogen-bond donors (Lipinski definition) is 0. The summed E-state index contributed by atoms with van der Waals surface area (Å²) in [6, 6.07) is 12.3. The van der Waals surface area contributed by atoms with Gasteiger partial charge in [0.1, 0.15) is 0 Å². The third-order valence-electron chi connectivity index (χ3n) is 4.03. The van der Waals surface area contributed by atoms with Crippen molar-refractivity contribution in [2.45, 2.75) is 31.6 Å². The smallest absolute Gasteiger partial charge is 0.0995 e. The Hall–Kier alpha value is -1.84. The van der Waals surface area contributed by atoms with E-state index in [0.717, 1.165) is 44.5 Å². The van der Waals surface area contributed by atoms with Gasteiger partial charge in [0.25, 0.3) is 0 Å². The van der Waals surface area contributed by atoms with Crippen LogP contribution in [0.1, 0.15) is 37.3 Å². The average molecular weight is 253 g/mol. The molecule has 1 aromatic rings. The molecule has 2 rings (SSSR count). The summed E-state index contributed by atoms with van der Waals surface area (Å²) in [5, 5.41) is 18.9. The van der Waals surface area contributed by atoms with E-state index in [-0.39, 0.29) is 0 Å². The molecule has 1 aromatic carbocycles. The van der Waals surface area contributed by atoms with Gasteiger partial charge in [0.15, 0.2) is 0 Å². The highest BCUT2D eigenvalue weighted by Gasteiger charge is 2.37. The first kappa shape index (κ1) is 13.6. The fraction of sp³-hybridized carbons (Fsp3) is 0.500. The van der Waals surface area contributed by atoms with Crippen molar-refractivity contribution in [3.63, 3.8) is 0 Å². The van der Waals surface area contributed by atoms with E-state index in [1.807, 2.05) is 24.3 Å². The van der Waals surface area contributed by atoms with Crippen LogP contribution in [0.15, 0.2) is 24.3 Å². The van der Waals surface area contributed by atoms with Gasteiger partial charge in [0.2, 0.25) is 0 Å². The molecular weight excluding hydrogens is 234 g/mol. The minimum atomic E-state index is -0.476. The molecule has 0 amide bonds. The van der Waals surface area contributed by atoms with Gasteiger partial charge in [-0.25, -0.2) is 0 Å². The first-order valence-corrected chi connectivity index (χ1v) is 6.89. The Balaban J connectivity index is 2.26. The third kappa shape index (κ3) is 2.62. The molecule has 0 saturated carbocycles. The molecule has 1 heterocycles. The lowest BCUT2D eigenvalue weighted by Crippen LogP contribution is -2.42. The highest BCUT2D eigenvalue weighted by Crippen LogP contribution is 2.36. The molecule has 3 heteroatoms. The topological polar surface area (TPSA) is 50.8 Å². The molecule has 0 spiro atoms. The quantitative estimate of drug-likeness (QED) is 0.832. The molecule has 0 atom stereocenters. The van der Waals surface area contributed by atoms with E-state index >= 15 is 0 Å². The second-order valence-electron chi connectivity index (χ2n) is 5.19. The molecule has 0 unspecified atom stereocenters. The number of likely N-dealkylation sites (tertiary alicyclic amines) is 1. The van der Waals surface area contributed by atoms with Crippen LogP contribution in [0.4, 0.5) is 0 Å². The van der Waals surface area contributed by atoms with Crippen LogP contribution in [0.2, 0.25) is 0 Å². The Morgan fingerprint density at radius 1 is 1.21 bits per heavy atom. The number of piperidine rings is 1. The molecule has 0 aliphatic carbocycles. The fourth-order valence-electron chi connectivity index (χ4n) is 2.91. The van der Waals surface area contributed by atoms with Crippen molar-refractivity contribution >= 4 is 0 Å². The van der Waals surface area contributed by atoms with Crippen LogP contribution >= 0.6 is 0 Å². The average Bonchev–Trinajstić information content (AvgIpc) is 2.48. The summed E-state index contributed by atoms with van der Waals surface area (Å²) in [6.45, 7) is 5.17. The van der Waals surface area contributed by atoms with Crippen LogP contribution in [0.5, 0.6) is 0 Å². The Morgan fingerprint density at radius 2 is 1.89 bits per heavy atom. The predicted molar refractivity (Wildman–Crippen MR) is 74.4 cm³/mol. The maximum absolute atomic E-state index is 9.65. The van der Waals surface area contributed by atoms with Gasteiger partial charge < -0.3 is 4.90 Å². The summed E-state index contributed by atoms with van der Waals surface area (Å²) in [5.74, 6) is 0. The third-order valence-corrected chi connectivity index (χ3v) is 4.03. The van der Waals surface area contributed by atoms with Gasteiger partial charge in [0, 0.05) is 0 Å². The van der Waals surface area contributed by atoms with E-state index < -0.39 is 5.41 Å². The van der Waals surface area contributed by atoms with Crippen LogP contribution in [-0.4, -0.2) is 24.5 Å². The van der Waals surface area contributed by atoms with Crippen LogP contribution in [0, 0.1) is 22.7 Å². The highest BCUT2D eigenvalue weighted by molar-refractivity contribution is 5.46. The zero-order valence-electron chi connectivity index (χ0n) is 11.4. The van der Waals surface area contributed by atoms with Gasteiger partial charge in [-0.05, 0) is 50.5 Å². The Kier molecular flexibility index (Phi) is 4.20. The lowest BCUT2D eigenvalue weighted by molar-refractivity contribution is 0.186. The molecule has 19 heavy (non-hydrogen) atoms. The van der Waals surface area contributed by atoms with E-state index in [0.29, 0.717) is 5.56 Å². The molecule has 1 aliphatic rings. The molecule has 1 fully saturated rings. The second kappa shape index (κ2) is 5.87. The minimum absolute atomic E-state index is 0.476. The standard InChI is InChI=1S/C16H19N3/c1-2-9-19-10-7-16(13-18,8-11-19)15-6-4-3-5-14(15)12-17/h3-6H,2,7-11H2,1H3. The number of hydrogen-bond acceptors (Lipinski definition) is 3. The molecule has 0 aromatic heterocycles. The van der Waals surface area contributed by atoms with Crippen LogP contribution < -0.4 is 0 Å². The van der Waals surface area contributed by atoms with Gasteiger partial charge in [-0.1, -0.05) is 25.1 Å². The van der Waals surface area contributed by atoms with Crippen molar-refractivity contribution in [2.24, 2.45) is 0 Å². The molecule has 3 nitrogen and oxygen atoms in total. The molecule has 1 saturated heterocycles. The Morgan fingerprint density at radius 3 is 2.47 bits per heavy atom. The van der Waals surface area contributed by atoms with E-state index in [9.17, 15) is 10.5 Å². The summed E-state index contributed by atoms with van der Waals surface area (Å²) in [6.07, 6.45) is 2.79. The van der Waals surface area contributed by atoms with E-state index in [1.165, 1.54) is 0 Å². The van der Waals surface area contributed by atoms with Crippen molar-refractivity contribution in [3.05, 3.63) is 35.4 Å². The number of benzene rings is 1. The predicted octanol–water partition coefficient (Wildman–Crippen LogP) is 2.83. The van der Waals surface area contributed by atoms with Gasteiger partial charge in [0.05, 0.1) is 23.1 Å². The van der Waals surface area contributed by atoms with Crippen molar-refractivity contribution < 1.29 is 0 Å². The Bertz CT molecular complexity index is 514. The summed E-state index contributed by atoms with van der Waals surface area (Å²) >= 11 is 0. The van der Waals surface area contributed by atoms with Crippen LogP contribution in [0.3, 0.4) is 0 Å². The van der Waals surface area contributed by atoms with E-state index in [2.05, 4.69) is 24.0 Å². The highest BCUT2D eigenvalue weighted by atomic mass is 15.1. The summed E-state index contributed by atoms with van der Waals surface area (Å²) in [4.78, 5) is 2.41. The fourth-order valence-corrected chi connectivity index (χ4v) is 2.91. The monoisotopic (exact) mass is 253 g/mol. The van der Waals surface area contributed by atoms with Crippen LogP contribution in [0.25, 0.3) is 0 Å². The van der Waals surface area contributed by atoms with Crippen molar-refractivity contribution in [3.8, 4) is 12.1 Å². The van der Waals surface area contributed by atoms with Gasteiger partial charge in [-0.2, -0.15) is 10.5 Å². The number of rotatable bonds is 3. The zero-order valence-corrected chi connectivity index (χ0v) is 11.4. The van der Waals surface area contributed by atoms with Crippen molar-refractivity contribution in [2.75, 3.05) is 19.6 Å². The molecular formula is C16H19N3. The Labute approximate surface area is 115 Å². The summed E-state index contributed by atoms with van der Waals surface area (Å²) in [5.41, 5.74) is 1.08. The van der Waals surface area contributed by atoms with Crippen LogP contribution in [-0.2, 0) is 5.41 Å². The molecule has 0 radical (unpaired) electrons. The van der Waals surface area contributed by atoms with Crippen molar-refractivity contribution in [1.82, 2.24) is 4.90 Å². The second-order valence-corrected chi connectivity index (χ2v) is 5.19. The lowest BCUT2D eigenvalue weighted by atomic mass is 9.72. The van der Waals surface area contributed by atoms with Gasteiger partial charge in [-0.15, -0.1) is 0 Å². The van der Waals surface area contributed by atoms with Crippen molar-refractivity contribution in [1.29, 1.82) is 10.5 Å². The normalized spacial score (nSPS) is 18.5. The van der Waals surface area contributed by atoms with E-state index in [4.69, 9.17) is 0 Å². The van der Waals surface area contributed by atoms with Gasteiger partial charge >= 0.3 is 0 Å². The first-order chi connectivity index (χ1) is 9.25. The maximum atomic E-state index is 9.65. The largest absolute Gasteiger partial charge is 0.303 e. The summed E-state index contributed by atoms with van der Waals surface area (Å²) in [7, 11) is 0.